The van der Waals surface area contributed by atoms with Crippen molar-refractivity contribution in [2.24, 2.45) is 5.73 Å². The van der Waals surface area contributed by atoms with Crippen LogP contribution in [0.15, 0.2) is 24.3 Å². The maximum atomic E-state index is 11.4. The van der Waals surface area contributed by atoms with Crippen molar-refractivity contribution in [3.05, 3.63) is 29.8 Å². The van der Waals surface area contributed by atoms with Gasteiger partial charge in [0, 0.05) is 0 Å². The van der Waals surface area contributed by atoms with Crippen molar-refractivity contribution >= 4 is 5.91 Å². The van der Waals surface area contributed by atoms with Crippen LogP contribution in [0.5, 0.6) is 5.75 Å². The summed E-state index contributed by atoms with van der Waals surface area (Å²) in [7, 11) is 0. The molecule has 1 unspecified atom stereocenters. The Labute approximate surface area is 109 Å². The molecule has 1 amide bonds. The minimum Gasteiger partial charge on any atom is -0.491 e. The maximum Gasteiger partial charge on any atom is 0.240 e. The van der Waals surface area contributed by atoms with E-state index in [1.807, 2.05) is 31.2 Å². The second-order valence-corrected chi connectivity index (χ2v) is 4.51. The molecule has 0 heterocycles. The lowest BCUT2D eigenvalue weighted by atomic mass is 10.0. The first-order valence-electron chi connectivity index (χ1n) is 6.28. The van der Waals surface area contributed by atoms with E-state index >= 15 is 0 Å². The van der Waals surface area contributed by atoms with Gasteiger partial charge in [-0.2, -0.15) is 0 Å². The number of carbonyl (C=O) groups is 1. The molecular weight excluding hydrogens is 228 g/mol. The molecule has 0 spiro atoms. The zero-order valence-corrected chi connectivity index (χ0v) is 11.3. The first-order chi connectivity index (χ1) is 8.51. The van der Waals surface area contributed by atoms with E-state index in [0.717, 1.165) is 12.2 Å². The zero-order chi connectivity index (χ0) is 13.6. The van der Waals surface area contributed by atoms with Crippen molar-refractivity contribution in [1.29, 1.82) is 0 Å². The molecule has 4 nitrogen and oxygen atoms in total. The fraction of sp³-hybridized carbons (Fsp3) is 0.500. The van der Waals surface area contributed by atoms with Gasteiger partial charge < -0.3 is 15.8 Å². The molecule has 1 aromatic carbocycles. The number of nitrogens with two attached hydrogens (primary N) is 1. The highest BCUT2D eigenvalue weighted by Crippen LogP contribution is 2.14. The highest BCUT2D eigenvalue weighted by molar-refractivity contribution is 5.84. The van der Waals surface area contributed by atoms with E-state index in [2.05, 4.69) is 12.2 Å². The van der Waals surface area contributed by atoms with E-state index in [9.17, 15) is 4.79 Å². The summed E-state index contributed by atoms with van der Waals surface area (Å²) in [4.78, 5) is 11.4. The number of carbonyl (C=O) groups excluding carboxylic acids is 1. The van der Waals surface area contributed by atoms with Crippen LogP contribution in [-0.4, -0.2) is 24.6 Å². The minimum atomic E-state index is -0.835. The Morgan fingerprint density at radius 2 is 1.94 bits per heavy atom. The van der Waals surface area contributed by atoms with Gasteiger partial charge in [-0.3, -0.25) is 4.79 Å². The number of hydrogen-bond acceptors (Lipinski definition) is 3. The Morgan fingerprint density at radius 1 is 1.33 bits per heavy atom. The summed E-state index contributed by atoms with van der Waals surface area (Å²) >= 11 is 0. The fourth-order valence-electron chi connectivity index (χ4n) is 1.65. The largest absolute Gasteiger partial charge is 0.491 e. The van der Waals surface area contributed by atoms with Gasteiger partial charge >= 0.3 is 0 Å². The Hall–Kier alpha value is -1.55. The lowest BCUT2D eigenvalue weighted by Crippen LogP contribution is -2.57. The smallest absolute Gasteiger partial charge is 0.240 e. The predicted molar refractivity (Wildman–Crippen MR) is 72.6 cm³/mol. The number of hydrogen-bond donors (Lipinski definition) is 2. The molecule has 1 atom stereocenters. The summed E-state index contributed by atoms with van der Waals surface area (Å²) in [6, 6.07) is 7.85. The van der Waals surface area contributed by atoms with Crippen LogP contribution in [0.2, 0.25) is 0 Å². The highest BCUT2D eigenvalue weighted by atomic mass is 16.5. The third-order valence-corrected chi connectivity index (χ3v) is 2.97. The average molecular weight is 250 g/mol. The summed E-state index contributed by atoms with van der Waals surface area (Å²) in [5.41, 5.74) is 5.81. The van der Waals surface area contributed by atoms with Gasteiger partial charge in [-0.15, -0.1) is 0 Å². The molecular formula is C14H22N2O2. The molecule has 1 rings (SSSR count). The van der Waals surface area contributed by atoms with Gasteiger partial charge in [0.25, 0.3) is 0 Å². The van der Waals surface area contributed by atoms with Crippen LogP contribution in [0, 0.1) is 0 Å². The molecule has 0 saturated carbocycles. The summed E-state index contributed by atoms with van der Waals surface area (Å²) in [5.74, 6) is 0.340. The van der Waals surface area contributed by atoms with Crippen LogP contribution in [0.1, 0.15) is 26.3 Å². The van der Waals surface area contributed by atoms with Crippen molar-refractivity contribution in [1.82, 2.24) is 5.32 Å². The SMILES string of the molecule is CCNC(C)(COc1ccc(CC)cc1)C(N)=O. The van der Waals surface area contributed by atoms with Gasteiger partial charge in [-0.1, -0.05) is 26.0 Å². The van der Waals surface area contributed by atoms with Gasteiger partial charge in [0.05, 0.1) is 0 Å². The van der Waals surface area contributed by atoms with Crippen molar-refractivity contribution < 1.29 is 9.53 Å². The second kappa shape index (κ2) is 6.40. The first kappa shape index (κ1) is 14.5. The van der Waals surface area contributed by atoms with Crippen molar-refractivity contribution in [3.8, 4) is 5.75 Å². The van der Waals surface area contributed by atoms with Crippen LogP contribution >= 0.6 is 0 Å². The monoisotopic (exact) mass is 250 g/mol. The van der Waals surface area contributed by atoms with Gasteiger partial charge in [-0.25, -0.2) is 0 Å². The van der Waals surface area contributed by atoms with Crippen molar-refractivity contribution in [3.63, 3.8) is 0 Å². The molecule has 0 bridgehead atoms. The predicted octanol–water partition coefficient (Wildman–Crippen LogP) is 1.48. The molecule has 4 heteroatoms. The number of aryl methyl sites for hydroxylation is 1. The third kappa shape index (κ3) is 3.74. The van der Waals surface area contributed by atoms with E-state index in [4.69, 9.17) is 10.5 Å². The highest BCUT2D eigenvalue weighted by Gasteiger charge is 2.30. The lowest BCUT2D eigenvalue weighted by Gasteiger charge is -2.26. The number of rotatable bonds is 7. The normalized spacial score (nSPS) is 13.9. The molecule has 0 radical (unpaired) electrons. The lowest BCUT2D eigenvalue weighted by molar-refractivity contribution is -0.124. The van der Waals surface area contributed by atoms with Crippen molar-refractivity contribution in [2.45, 2.75) is 32.7 Å². The third-order valence-electron chi connectivity index (χ3n) is 2.97. The molecule has 18 heavy (non-hydrogen) atoms. The number of benzene rings is 1. The number of likely N-dealkylation sites (N-methyl/N-ethyl adjacent to an activating group) is 1. The van der Waals surface area contributed by atoms with Gasteiger partial charge in [0.2, 0.25) is 5.91 Å². The second-order valence-electron chi connectivity index (χ2n) is 4.51. The van der Waals surface area contributed by atoms with Crippen LogP contribution in [0.3, 0.4) is 0 Å². The molecule has 0 aliphatic carbocycles. The Bertz CT molecular complexity index is 389. The number of amides is 1. The van der Waals surface area contributed by atoms with E-state index in [1.54, 1.807) is 6.92 Å². The Morgan fingerprint density at radius 3 is 2.39 bits per heavy atom. The molecule has 0 aliphatic rings. The first-order valence-corrected chi connectivity index (χ1v) is 6.28. The van der Waals surface area contributed by atoms with Gasteiger partial charge in [0.1, 0.15) is 17.9 Å². The van der Waals surface area contributed by atoms with E-state index in [-0.39, 0.29) is 6.61 Å². The topological polar surface area (TPSA) is 64.3 Å². The standard InChI is InChI=1S/C14H22N2O2/c1-4-11-6-8-12(9-7-11)18-10-14(3,13(15)17)16-5-2/h6-9,16H,4-5,10H2,1-3H3,(H2,15,17). The number of nitrogens with one attached hydrogen (secondary N) is 1. The van der Waals surface area contributed by atoms with Gasteiger partial charge in [0.15, 0.2) is 0 Å². The number of primary amides is 1. The van der Waals surface area contributed by atoms with Crippen LogP contribution in [0.25, 0.3) is 0 Å². The molecule has 1 aromatic rings. The Balaban J connectivity index is 2.64. The molecule has 100 valence electrons. The van der Waals surface area contributed by atoms with E-state index < -0.39 is 11.4 Å². The fourth-order valence-corrected chi connectivity index (χ4v) is 1.65. The van der Waals surface area contributed by atoms with Gasteiger partial charge in [-0.05, 0) is 37.6 Å². The zero-order valence-electron chi connectivity index (χ0n) is 11.3. The summed E-state index contributed by atoms with van der Waals surface area (Å²) < 4.78 is 5.62. The average Bonchev–Trinajstić information content (AvgIpc) is 2.37. The summed E-state index contributed by atoms with van der Waals surface area (Å²) in [6.45, 7) is 6.67. The summed E-state index contributed by atoms with van der Waals surface area (Å²) in [6.07, 6.45) is 0.997. The quantitative estimate of drug-likeness (QED) is 0.770. The van der Waals surface area contributed by atoms with Crippen molar-refractivity contribution in [2.75, 3.05) is 13.2 Å². The van der Waals surface area contributed by atoms with Crippen LogP contribution in [-0.2, 0) is 11.2 Å². The Kier molecular flexibility index (Phi) is 5.16. The van der Waals surface area contributed by atoms with Crippen LogP contribution in [0.4, 0.5) is 0 Å². The molecule has 0 aromatic heterocycles. The summed E-state index contributed by atoms with van der Waals surface area (Å²) in [5, 5.41) is 3.05. The number of ether oxygens (including phenoxy) is 1. The van der Waals surface area contributed by atoms with E-state index in [0.29, 0.717) is 6.54 Å². The minimum absolute atomic E-state index is 0.224. The van der Waals surface area contributed by atoms with E-state index in [1.165, 1.54) is 5.56 Å². The molecule has 0 aliphatic heterocycles. The van der Waals surface area contributed by atoms with Crippen LogP contribution < -0.4 is 15.8 Å². The molecule has 0 saturated heterocycles. The molecule has 3 N–H and O–H groups in total. The molecule has 0 fully saturated rings. The maximum absolute atomic E-state index is 11.4.